The number of imide groups is 1. The number of carbonyl (C=O) groups excluding carboxylic acids is 3. The van der Waals surface area contributed by atoms with Crippen molar-refractivity contribution in [1.29, 1.82) is 0 Å². The van der Waals surface area contributed by atoms with Crippen molar-refractivity contribution in [3.05, 3.63) is 95.2 Å². The predicted molar refractivity (Wildman–Crippen MR) is 156 cm³/mol. The van der Waals surface area contributed by atoms with Crippen LogP contribution in [0.25, 0.3) is 10.9 Å². The third-order valence-corrected chi connectivity index (χ3v) is 8.07. The van der Waals surface area contributed by atoms with Crippen LogP contribution in [0.4, 0.5) is 10.5 Å². The Morgan fingerprint density at radius 2 is 1.76 bits per heavy atom. The van der Waals surface area contributed by atoms with Crippen LogP contribution in [0.5, 0.6) is 5.75 Å². The van der Waals surface area contributed by atoms with Gasteiger partial charge in [-0.2, -0.15) is 0 Å². The molecule has 0 aliphatic carbocycles. The fourth-order valence-corrected chi connectivity index (χ4v) is 6.05. The van der Waals surface area contributed by atoms with Crippen LogP contribution in [0, 0.1) is 5.92 Å². The number of aromatic amines is 1. The molecule has 6 rings (SSSR count). The molecule has 2 aliphatic heterocycles. The molecule has 4 aromatic rings. The van der Waals surface area contributed by atoms with Crippen molar-refractivity contribution < 1.29 is 29.0 Å². The molecule has 3 N–H and O–H groups in total. The lowest BCUT2D eigenvalue weighted by Gasteiger charge is -2.36. The number of nitrogens with one attached hydrogen (secondary N) is 2. The summed E-state index contributed by atoms with van der Waals surface area (Å²) in [6, 6.07) is 18.3. The number of methoxy groups -OCH3 is 1. The maximum atomic E-state index is 14.3. The van der Waals surface area contributed by atoms with E-state index in [4.69, 9.17) is 4.74 Å². The lowest BCUT2D eigenvalue weighted by Crippen LogP contribution is -2.45. The number of benzene rings is 3. The maximum Gasteiger partial charge on any atom is 0.332 e. The lowest BCUT2D eigenvalue weighted by molar-refractivity contribution is -0.140. The smallest absolute Gasteiger partial charge is 0.332 e. The highest BCUT2D eigenvalue weighted by Gasteiger charge is 2.53. The molecule has 10 heteroatoms. The molecule has 0 bridgehead atoms. The quantitative estimate of drug-likeness (QED) is 0.282. The number of hydrogen-bond donors (Lipinski definition) is 3. The Labute approximate surface area is 241 Å². The number of carboxylic acid groups (broad SMARTS) is 1. The molecule has 3 aromatic carbocycles. The Balaban J connectivity index is 1.45. The summed E-state index contributed by atoms with van der Waals surface area (Å²) in [6.07, 6.45) is 0.295. The van der Waals surface area contributed by atoms with Gasteiger partial charge in [0.15, 0.2) is 0 Å². The van der Waals surface area contributed by atoms with Crippen LogP contribution in [0.3, 0.4) is 0 Å². The SMILES string of the molecule is COc1cccc([C@@H]2c3[nH]c4ccccc4c3C[C@H]3C(=O)N(c4ccccc4C(=O)N[C@H](C(=O)O)C(C)C)C(=O)N23)c1. The zero-order chi connectivity index (χ0) is 29.7. The first-order chi connectivity index (χ1) is 20.2. The molecular formula is C32H30N4O6. The number of nitrogens with zero attached hydrogens (tertiary/aromatic N) is 2. The second-order valence-electron chi connectivity index (χ2n) is 10.9. The molecule has 1 aromatic heterocycles. The van der Waals surface area contributed by atoms with E-state index in [0.717, 1.165) is 32.6 Å². The molecule has 4 amide bonds. The summed E-state index contributed by atoms with van der Waals surface area (Å²) >= 11 is 0. The number of hydrogen-bond acceptors (Lipinski definition) is 5. The number of H-pyrrole nitrogens is 1. The second kappa shape index (κ2) is 10.4. The Morgan fingerprint density at radius 3 is 2.50 bits per heavy atom. The summed E-state index contributed by atoms with van der Waals surface area (Å²) in [6.45, 7) is 3.38. The van der Waals surface area contributed by atoms with Gasteiger partial charge in [0.2, 0.25) is 0 Å². The zero-order valence-corrected chi connectivity index (χ0v) is 23.3. The van der Waals surface area contributed by atoms with E-state index >= 15 is 0 Å². The van der Waals surface area contributed by atoms with Crippen molar-refractivity contribution in [2.24, 2.45) is 5.92 Å². The van der Waals surface area contributed by atoms with Gasteiger partial charge in [-0.25, -0.2) is 14.5 Å². The molecular weight excluding hydrogens is 536 g/mol. The van der Waals surface area contributed by atoms with Gasteiger partial charge in [-0.05, 0) is 47.4 Å². The minimum Gasteiger partial charge on any atom is -0.497 e. The van der Waals surface area contributed by atoms with Crippen molar-refractivity contribution in [2.45, 2.75) is 38.4 Å². The number of ether oxygens (including phenoxy) is 1. The summed E-state index contributed by atoms with van der Waals surface area (Å²) in [5, 5.41) is 13.1. The summed E-state index contributed by atoms with van der Waals surface area (Å²) in [5.41, 5.74) is 3.58. The van der Waals surface area contributed by atoms with Crippen LogP contribution in [0.2, 0.25) is 0 Å². The monoisotopic (exact) mass is 566 g/mol. The number of fused-ring (bicyclic) bond motifs is 4. The van der Waals surface area contributed by atoms with Crippen LogP contribution in [-0.2, 0) is 16.0 Å². The fourth-order valence-electron chi connectivity index (χ4n) is 6.05. The Hall–Kier alpha value is -5.12. The summed E-state index contributed by atoms with van der Waals surface area (Å²) in [5.74, 6) is -2.08. The molecule has 214 valence electrons. The average Bonchev–Trinajstić information content (AvgIpc) is 3.48. The van der Waals surface area contributed by atoms with E-state index in [1.165, 1.54) is 12.1 Å². The van der Waals surface area contributed by atoms with Gasteiger partial charge in [-0.1, -0.05) is 56.3 Å². The third-order valence-electron chi connectivity index (χ3n) is 8.07. The van der Waals surface area contributed by atoms with E-state index in [0.29, 0.717) is 12.2 Å². The molecule has 1 saturated heterocycles. The van der Waals surface area contributed by atoms with E-state index in [-0.39, 0.29) is 17.2 Å². The van der Waals surface area contributed by atoms with Crippen molar-refractivity contribution in [2.75, 3.05) is 12.0 Å². The third kappa shape index (κ3) is 4.27. The summed E-state index contributed by atoms with van der Waals surface area (Å²) < 4.78 is 5.47. The van der Waals surface area contributed by atoms with Gasteiger partial charge in [-0.3, -0.25) is 14.5 Å². The number of carboxylic acids is 1. The topological polar surface area (TPSA) is 132 Å². The van der Waals surface area contributed by atoms with Gasteiger partial charge in [0, 0.05) is 23.0 Å². The van der Waals surface area contributed by atoms with Crippen molar-refractivity contribution >= 4 is 40.4 Å². The van der Waals surface area contributed by atoms with Crippen LogP contribution in [-0.4, -0.2) is 58.0 Å². The van der Waals surface area contributed by atoms with Gasteiger partial charge < -0.3 is 20.1 Å². The summed E-state index contributed by atoms with van der Waals surface area (Å²) in [7, 11) is 1.57. The highest BCUT2D eigenvalue weighted by atomic mass is 16.5. The summed E-state index contributed by atoms with van der Waals surface area (Å²) in [4.78, 5) is 59.6. The lowest BCUT2D eigenvalue weighted by atomic mass is 9.89. The largest absolute Gasteiger partial charge is 0.497 e. The van der Waals surface area contributed by atoms with Gasteiger partial charge in [0.25, 0.3) is 11.8 Å². The van der Waals surface area contributed by atoms with Crippen molar-refractivity contribution in [3.63, 3.8) is 0 Å². The van der Waals surface area contributed by atoms with E-state index in [2.05, 4.69) is 10.3 Å². The standard InChI is InChI=1S/C32H30N4O6/c1-17(2)26(31(39)40)34-29(37)21-12-5-7-14-24(21)36-30(38)25-16-22-20-11-4-6-13-23(20)33-27(22)28(35(25)32(36)41)18-9-8-10-19(15-18)42-3/h4-15,17,25-26,28,33H,16H2,1-3H3,(H,34,37)(H,39,40)/t25-,26-,28+/m0/s1. The highest BCUT2D eigenvalue weighted by Crippen LogP contribution is 2.45. The minimum absolute atomic E-state index is 0.0350. The number of urea groups is 1. The normalized spacial score (nSPS) is 18.7. The van der Waals surface area contributed by atoms with E-state index in [1.54, 1.807) is 38.0 Å². The molecule has 3 heterocycles. The number of aliphatic carboxylic acids is 1. The number of anilines is 1. The van der Waals surface area contributed by atoms with E-state index < -0.39 is 41.9 Å². The van der Waals surface area contributed by atoms with Gasteiger partial charge >= 0.3 is 12.0 Å². The molecule has 0 spiro atoms. The first-order valence-corrected chi connectivity index (χ1v) is 13.7. The zero-order valence-electron chi connectivity index (χ0n) is 23.3. The van der Waals surface area contributed by atoms with Crippen LogP contribution < -0.4 is 15.0 Å². The number of rotatable bonds is 7. The fraction of sp³-hybridized carbons (Fsp3) is 0.250. The van der Waals surface area contributed by atoms with Gasteiger partial charge in [0.1, 0.15) is 23.9 Å². The van der Waals surface area contributed by atoms with Crippen LogP contribution in [0.15, 0.2) is 72.8 Å². The van der Waals surface area contributed by atoms with Crippen LogP contribution in [0.1, 0.15) is 47.1 Å². The first kappa shape index (κ1) is 27.1. The van der Waals surface area contributed by atoms with E-state index in [1.807, 2.05) is 48.5 Å². The predicted octanol–water partition coefficient (Wildman–Crippen LogP) is 4.50. The Morgan fingerprint density at radius 1 is 1.02 bits per heavy atom. The van der Waals surface area contributed by atoms with Gasteiger partial charge in [0.05, 0.1) is 18.4 Å². The highest BCUT2D eigenvalue weighted by molar-refractivity contribution is 6.24. The molecule has 1 fully saturated rings. The number of amides is 4. The Bertz CT molecular complexity index is 1740. The first-order valence-electron chi connectivity index (χ1n) is 13.7. The van der Waals surface area contributed by atoms with Crippen LogP contribution >= 0.6 is 0 Å². The number of carbonyl (C=O) groups is 4. The second-order valence-corrected chi connectivity index (χ2v) is 10.9. The number of para-hydroxylation sites is 2. The molecule has 2 aliphatic rings. The molecule has 3 atom stereocenters. The van der Waals surface area contributed by atoms with Crippen molar-refractivity contribution in [3.8, 4) is 5.75 Å². The molecule has 0 saturated carbocycles. The minimum atomic E-state index is -1.17. The molecule has 42 heavy (non-hydrogen) atoms. The average molecular weight is 567 g/mol. The molecule has 10 nitrogen and oxygen atoms in total. The van der Waals surface area contributed by atoms with E-state index in [9.17, 15) is 24.3 Å². The van der Waals surface area contributed by atoms with Crippen molar-refractivity contribution in [1.82, 2.24) is 15.2 Å². The molecule has 0 radical (unpaired) electrons. The number of aromatic nitrogens is 1. The maximum absolute atomic E-state index is 14.3. The Kier molecular flexibility index (Phi) is 6.68. The molecule has 0 unspecified atom stereocenters. The van der Waals surface area contributed by atoms with Gasteiger partial charge in [-0.15, -0.1) is 0 Å².